The van der Waals surface area contributed by atoms with Gasteiger partial charge in [-0.05, 0) is 44.2 Å². The Morgan fingerprint density at radius 3 is 2.32 bits per heavy atom. The molecule has 0 saturated carbocycles. The minimum Gasteiger partial charge on any atom is -0.394 e. The first-order valence-electron chi connectivity index (χ1n) is 13.6. The third kappa shape index (κ3) is 4.10. The highest BCUT2D eigenvalue weighted by atomic mass is 16.5. The number of fused-ring (bicyclic) bond motifs is 1. The SMILES string of the molecule is CC[C@]12CCC3(O1)C(C(=O)NC(C)C)N([C@H](CO)c1ccccc1)C(=O)[C@@H]3[C@H]2C(=O)NCc1ccccc1. The van der Waals surface area contributed by atoms with Gasteiger partial charge in [0.1, 0.15) is 11.6 Å². The maximum atomic E-state index is 14.4. The van der Waals surface area contributed by atoms with Gasteiger partial charge in [-0.3, -0.25) is 14.4 Å². The molecule has 8 heteroatoms. The van der Waals surface area contributed by atoms with E-state index >= 15 is 0 Å². The number of nitrogens with zero attached hydrogens (tertiary/aromatic N) is 1. The molecule has 3 fully saturated rings. The number of amides is 3. The first-order chi connectivity index (χ1) is 18.3. The summed E-state index contributed by atoms with van der Waals surface area (Å²) in [6, 6.07) is 17.0. The molecule has 0 radical (unpaired) electrons. The van der Waals surface area contributed by atoms with Crippen LogP contribution >= 0.6 is 0 Å². The molecule has 0 aromatic heterocycles. The van der Waals surface area contributed by atoms with Gasteiger partial charge >= 0.3 is 0 Å². The Kier molecular flexibility index (Phi) is 7.05. The van der Waals surface area contributed by atoms with E-state index in [9.17, 15) is 19.5 Å². The zero-order valence-corrected chi connectivity index (χ0v) is 22.2. The van der Waals surface area contributed by atoms with E-state index in [2.05, 4.69) is 10.6 Å². The monoisotopic (exact) mass is 519 g/mol. The van der Waals surface area contributed by atoms with Crippen molar-refractivity contribution in [3.05, 3.63) is 71.8 Å². The van der Waals surface area contributed by atoms with Crippen molar-refractivity contribution in [2.24, 2.45) is 11.8 Å². The highest BCUT2D eigenvalue weighted by molar-refractivity contribution is 5.99. The van der Waals surface area contributed by atoms with E-state index in [0.29, 0.717) is 25.8 Å². The van der Waals surface area contributed by atoms with Crippen LogP contribution in [-0.4, -0.2) is 57.6 Å². The molecular formula is C30H37N3O5. The van der Waals surface area contributed by atoms with E-state index in [-0.39, 0.29) is 30.4 Å². The minimum atomic E-state index is -1.14. The molecule has 2 aromatic rings. The summed E-state index contributed by atoms with van der Waals surface area (Å²) < 4.78 is 6.79. The number of benzene rings is 2. The van der Waals surface area contributed by atoms with E-state index in [4.69, 9.17) is 4.74 Å². The molecule has 5 rings (SSSR count). The predicted octanol–water partition coefficient (Wildman–Crippen LogP) is 2.72. The summed E-state index contributed by atoms with van der Waals surface area (Å²) in [4.78, 5) is 43.5. The number of rotatable bonds is 9. The fourth-order valence-corrected chi connectivity index (χ4v) is 6.98. The van der Waals surface area contributed by atoms with Crippen LogP contribution in [-0.2, 0) is 25.7 Å². The highest BCUT2D eigenvalue weighted by Crippen LogP contribution is 2.65. The summed E-state index contributed by atoms with van der Waals surface area (Å²) in [6.45, 7) is 5.70. The van der Waals surface area contributed by atoms with Gasteiger partial charge in [0.05, 0.1) is 30.1 Å². The van der Waals surface area contributed by atoms with Gasteiger partial charge in [0, 0.05) is 12.6 Å². The number of aliphatic hydroxyl groups is 1. The Balaban J connectivity index is 1.55. The van der Waals surface area contributed by atoms with Crippen LogP contribution < -0.4 is 10.6 Å². The van der Waals surface area contributed by atoms with Gasteiger partial charge in [0.25, 0.3) is 0 Å². The van der Waals surface area contributed by atoms with Crippen LogP contribution in [0, 0.1) is 11.8 Å². The molecule has 3 aliphatic heterocycles. The number of likely N-dealkylation sites (tertiary alicyclic amines) is 1. The van der Waals surface area contributed by atoms with Gasteiger partial charge < -0.3 is 25.4 Å². The lowest BCUT2D eigenvalue weighted by molar-refractivity contribution is -0.151. The van der Waals surface area contributed by atoms with Crippen LogP contribution in [0.1, 0.15) is 57.2 Å². The third-order valence-electron chi connectivity index (χ3n) is 8.58. The third-order valence-corrected chi connectivity index (χ3v) is 8.58. The van der Waals surface area contributed by atoms with Crippen LogP contribution in [0.25, 0.3) is 0 Å². The molecule has 2 aromatic carbocycles. The summed E-state index contributed by atoms with van der Waals surface area (Å²) >= 11 is 0. The number of ether oxygens (including phenoxy) is 1. The topological polar surface area (TPSA) is 108 Å². The molecule has 1 spiro atoms. The van der Waals surface area contributed by atoms with Gasteiger partial charge in [-0.1, -0.05) is 67.6 Å². The van der Waals surface area contributed by atoms with Crippen molar-refractivity contribution in [1.82, 2.24) is 15.5 Å². The predicted molar refractivity (Wildman–Crippen MR) is 142 cm³/mol. The normalized spacial score (nSPS) is 30.4. The fourth-order valence-electron chi connectivity index (χ4n) is 6.98. The molecular weight excluding hydrogens is 482 g/mol. The Labute approximate surface area is 223 Å². The van der Waals surface area contributed by atoms with Crippen molar-refractivity contribution in [2.45, 2.75) is 75.9 Å². The second-order valence-corrected chi connectivity index (χ2v) is 11.1. The first-order valence-corrected chi connectivity index (χ1v) is 13.6. The van der Waals surface area contributed by atoms with Crippen molar-refractivity contribution in [2.75, 3.05) is 6.61 Å². The Morgan fingerprint density at radius 2 is 1.71 bits per heavy atom. The second-order valence-electron chi connectivity index (χ2n) is 11.1. The molecule has 202 valence electrons. The molecule has 8 nitrogen and oxygen atoms in total. The molecule has 2 bridgehead atoms. The molecule has 3 amide bonds. The number of aliphatic hydroxyl groups excluding tert-OH is 1. The molecule has 6 atom stereocenters. The van der Waals surface area contributed by atoms with Crippen LogP contribution in [0.2, 0.25) is 0 Å². The maximum absolute atomic E-state index is 14.4. The van der Waals surface area contributed by atoms with Crippen LogP contribution in [0.5, 0.6) is 0 Å². The van der Waals surface area contributed by atoms with Crippen LogP contribution in [0.15, 0.2) is 60.7 Å². The number of hydrogen-bond acceptors (Lipinski definition) is 5. The molecule has 0 aliphatic carbocycles. The smallest absolute Gasteiger partial charge is 0.246 e. The molecule has 3 heterocycles. The zero-order valence-electron chi connectivity index (χ0n) is 22.2. The Hall–Kier alpha value is -3.23. The van der Waals surface area contributed by atoms with Crippen LogP contribution in [0.4, 0.5) is 0 Å². The lowest BCUT2D eigenvalue weighted by atomic mass is 9.65. The average Bonchev–Trinajstić information content (AvgIpc) is 3.52. The molecule has 38 heavy (non-hydrogen) atoms. The Morgan fingerprint density at radius 1 is 1.05 bits per heavy atom. The highest BCUT2D eigenvalue weighted by Gasteiger charge is 2.79. The number of carbonyl (C=O) groups excluding carboxylic acids is 3. The van der Waals surface area contributed by atoms with Crippen LogP contribution in [0.3, 0.4) is 0 Å². The lowest BCUT2D eigenvalue weighted by Gasteiger charge is -2.37. The van der Waals surface area contributed by atoms with Gasteiger partial charge in [-0.15, -0.1) is 0 Å². The molecule has 3 aliphatic rings. The Bertz CT molecular complexity index is 1190. The summed E-state index contributed by atoms with van der Waals surface area (Å²) in [6.07, 6.45) is 1.65. The van der Waals surface area contributed by atoms with E-state index in [1.807, 2.05) is 81.4 Å². The largest absolute Gasteiger partial charge is 0.394 e. The summed E-state index contributed by atoms with van der Waals surface area (Å²) in [5, 5.41) is 16.5. The van der Waals surface area contributed by atoms with Crippen molar-refractivity contribution in [1.29, 1.82) is 0 Å². The van der Waals surface area contributed by atoms with Gasteiger partial charge in [-0.2, -0.15) is 0 Å². The maximum Gasteiger partial charge on any atom is 0.246 e. The minimum absolute atomic E-state index is 0.150. The molecule has 3 saturated heterocycles. The average molecular weight is 520 g/mol. The summed E-state index contributed by atoms with van der Waals surface area (Å²) in [5.41, 5.74) is -0.260. The summed E-state index contributed by atoms with van der Waals surface area (Å²) in [5.74, 6) is -2.41. The van der Waals surface area contributed by atoms with Crippen molar-refractivity contribution in [3.63, 3.8) is 0 Å². The second kappa shape index (κ2) is 10.2. The quantitative estimate of drug-likeness (QED) is 0.472. The van der Waals surface area contributed by atoms with Crippen molar-refractivity contribution < 1.29 is 24.2 Å². The number of hydrogen-bond donors (Lipinski definition) is 3. The number of carbonyl (C=O) groups is 3. The lowest BCUT2D eigenvalue weighted by Crippen LogP contribution is -2.57. The van der Waals surface area contributed by atoms with Crippen molar-refractivity contribution in [3.8, 4) is 0 Å². The zero-order chi connectivity index (χ0) is 27.1. The molecule has 3 N–H and O–H groups in total. The first kappa shape index (κ1) is 26.4. The number of nitrogens with one attached hydrogen (secondary N) is 2. The van der Waals surface area contributed by atoms with E-state index in [1.54, 1.807) is 0 Å². The summed E-state index contributed by atoms with van der Waals surface area (Å²) in [7, 11) is 0. The van der Waals surface area contributed by atoms with Gasteiger partial charge in [-0.25, -0.2) is 0 Å². The van der Waals surface area contributed by atoms with Gasteiger partial charge in [0.15, 0.2) is 0 Å². The van der Waals surface area contributed by atoms with Crippen molar-refractivity contribution >= 4 is 17.7 Å². The fraction of sp³-hybridized carbons (Fsp3) is 0.500. The van der Waals surface area contributed by atoms with E-state index in [0.717, 1.165) is 11.1 Å². The standard InChI is InChI=1S/C30H37N3O5/c1-4-29-15-16-30(38-29)24(23(29)26(35)31-17-20-11-7-5-8-12-20)28(37)33(25(30)27(36)32-19(2)3)22(18-34)21-13-9-6-10-14-21/h5-14,19,22-25,34H,4,15-18H2,1-3H3,(H,31,35)(H,32,36)/t22-,23+,24+,25?,29-,30?/m1/s1. The van der Waals surface area contributed by atoms with Gasteiger partial charge in [0.2, 0.25) is 17.7 Å². The van der Waals surface area contributed by atoms with E-state index < -0.39 is 35.1 Å². The molecule has 2 unspecified atom stereocenters. The van der Waals surface area contributed by atoms with E-state index in [1.165, 1.54) is 4.90 Å².